The van der Waals surface area contributed by atoms with E-state index >= 15 is 0 Å². The van der Waals surface area contributed by atoms with Gasteiger partial charge in [0.2, 0.25) is 0 Å². The minimum absolute atomic E-state index is 0.123. The average molecular weight is 505 g/mol. The number of urea groups is 1. The predicted octanol–water partition coefficient (Wildman–Crippen LogP) is 5.28. The van der Waals surface area contributed by atoms with Gasteiger partial charge < -0.3 is 25.4 Å². The summed E-state index contributed by atoms with van der Waals surface area (Å²) in [6.07, 6.45) is 2.77. The van der Waals surface area contributed by atoms with Gasteiger partial charge in [-0.1, -0.05) is 6.07 Å². The summed E-state index contributed by atoms with van der Waals surface area (Å²) in [6.45, 7) is 0.753. The molecule has 0 bridgehead atoms. The zero-order chi connectivity index (χ0) is 25.8. The number of hydrogen-bond acceptors (Lipinski definition) is 4. The van der Waals surface area contributed by atoms with Gasteiger partial charge >= 0.3 is 18.1 Å². The summed E-state index contributed by atoms with van der Waals surface area (Å²) in [4.78, 5) is 37.3. The molecule has 36 heavy (non-hydrogen) atoms. The van der Waals surface area contributed by atoms with Crippen molar-refractivity contribution in [1.29, 1.82) is 0 Å². The molecule has 1 aliphatic carbocycles. The first-order chi connectivity index (χ1) is 17.2. The van der Waals surface area contributed by atoms with Crippen LogP contribution >= 0.6 is 0 Å². The van der Waals surface area contributed by atoms with Gasteiger partial charge in [-0.15, -0.1) is 0 Å². The van der Waals surface area contributed by atoms with Crippen LogP contribution in [0.5, 0.6) is 0 Å². The van der Waals surface area contributed by atoms with Crippen molar-refractivity contribution < 1.29 is 37.4 Å². The minimum Gasteiger partial charge on any atom is -0.481 e. The highest BCUT2D eigenvalue weighted by Gasteiger charge is 2.28. The number of nitrogens with one attached hydrogen (secondary N) is 2. The maximum atomic E-state index is 13.8. The highest BCUT2D eigenvalue weighted by Crippen LogP contribution is 2.30. The zero-order valence-corrected chi connectivity index (χ0v) is 19.4. The molecule has 1 aliphatic heterocycles. The summed E-state index contributed by atoms with van der Waals surface area (Å²) in [5.41, 5.74) is 1.43. The number of fused-ring (bicyclic) bond motifs is 1. The van der Waals surface area contributed by atoms with Crippen LogP contribution in [0.15, 0.2) is 30.3 Å². The Balaban J connectivity index is 1.29. The Morgan fingerprint density at radius 1 is 0.972 bits per heavy atom. The van der Waals surface area contributed by atoms with Gasteiger partial charge in [-0.2, -0.15) is 0 Å². The third kappa shape index (κ3) is 6.27. The second-order valence-corrected chi connectivity index (χ2v) is 9.10. The van der Waals surface area contributed by atoms with Crippen LogP contribution in [0.3, 0.4) is 0 Å². The van der Waals surface area contributed by atoms with E-state index in [2.05, 4.69) is 5.32 Å². The van der Waals surface area contributed by atoms with Crippen molar-refractivity contribution in [1.82, 2.24) is 4.90 Å². The van der Waals surface area contributed by atoms with Crippen molar-refractivity contribution in [3.05, 3.63) is 58.9 Å². The highest BCUT2D eigenvalue weighted by molar-refractivity contribution is 6.00. The number of carbonyl (C=O) groups is 3. The van der Waals surface area contributed by atoms with Gasteiger partial charge in [0.25, 0.3) is 0 Å². The topological polar surface area (TPSA) is 108 Å². The van der Waals surface area contributed by atoms with Gasteiger partial charge in [0.05, 0.1) is 0 Å². The first-order valence-electron chi connectivity index (χ1n) is 11.7. The number of halogens is 3. The number of nitrogens with zero attached hydrogens (tertiary/aromatic N) is 1. The van der Waals surface area contributed by atoms with E-state index in [1.165, 1.54) is 0 Å². The number of ether oxygens (including phenoxy) is 1. The lowest BCUT2D eigenvalue weighted by atomic mass is 9.85. The van der Waals surface area contributed by atoms with E-state index in [0.717, 1.165) is 24.0 Å². The van der Waals surface area contributed by atoms with Crippen LogP contribution in [0.1, 0.15) is 43.2 Å². The third-order valence-corrected chi connectivity index (χ3v) is 6.50. The lowest BCUT2D eigenvalue weighted by Crippen LogP contribution is -2.39. The number of carbonyl (C=O) groups excluding carboxylic acids is 2. The molecule has 1 heterocycles. The molecule has 1 saturated carbocycles. The smallest absolute Gasteiger partial charge is 0.410 e. The van der Waals surface area contributed by atoms with Gasteiger partial charge in [0, 0.05) is 37.3 Å². The Morgan fingerprint density at radius 3 is 2.33 bits per heavy atom. The van der Waals surface area contributed by atoms with Crippen molar-refractivity contribution in [3.8, 4) is 0 Å². The number of benzene rings is 2. The average Bonchev–Trinajstić information content (AvgIpc) is 2.82. The molecule has 2 aromatic carbocycles. The lowest BCUT2D eigenvalue weighted by molar-refractivity contribution is -0.138. The Hall–Kier alpha value is -3.76. The van der Waals surface area contributed by atoms with Crippen LogP contribution in [0.25, 0.3) is 0 Å². The molecule has 11 heteroatoms. The van der Waals surface area contributed by atoms with Crippen LogP contribution in [0.2, 0.25) is 0 Å². The van der Waals surface area contributed by atoms with Crippen molar-refractivity contribution in [3.63, 3.8) is 0 Å². The minimum atomic E-state index is -1.23. The largest absolute Gasteiger partial charge is 0.481 e. The van der Waals surface area contributed by atoms with Crippen LogP contribution in [-0.2, 0) is 22.5 Å². The van der Waals surface area contributed by atoms with Crippen LogP contribution in [0.4, 0.5) is 34.1 Å². The second kappa shape index (κ2) is 10.9. The van der Waals surface area contributed by atoms with E-state index in [0.29, 0.717) is 50.2 Å². The Bertz CT molecular complexity index is 1140. The van der Waals surface area contributed by atoms with Crippen molar-refractivity contribution in [2.24, 2.45) is 5.92 Å². The fourth-order valence-electron chi connectivity index (χ4n) is 4.64. The van der Waals surface area contributed by atoms with Gasteiger partial charge in [-0.25, -0.2) is 22.8 Å². The normalized spacial score (nSPS) is 19.2. The maximum Gasteiger partial charge on any atom is 0.410 e. The molecule has 2 aliphatic rings. The molecule has 3 N–H and O–H groups in total. The number of aliphatic carboxylic acids is 1. The first-order valence-corrected chi connectivity index (χ1v) is 11.7. The summed E-state index contributed by atoms with van der Waals surface area (Å²) in [7, 11) is 0. The standard InChI is InChI=1S/C25H26F3N3O5/c26-17-11-20(27)23(21(28)12-17)30-24(34)29-18-4-3-16-13-31(8-7-15(16)10-18)25(35)36-19-5-1-14(2-6-19)9-22(32)33/h3-4,10-12,14,19H,1-2,5-9,13H2,(H,32,33)(H2,29,30,34)/t14-,19-. The highest BCUT2D eigenvalue weighted by atomic mass is 19.1. The first kappa shape index (κ1) is 25.3. The SMILES string of the molecule is O=C(O)C[C@H]1CC[C@H](OC(=O)N2CCc3cc(NC(=O)Nc4c(F)cc(F)cc4F)ccc3C2)CC1. The van der Waals surface area contributed by atoms with E-state index in [-0.39, 0.29) is 18.4 Å². The maximum absolute atomic E-state index is 13.8. The fraction of sp³-hybridized carbons (Fsp3) is 0.400. The number of rotatable bonds is 5. The van der Waals surface area contributed by atoms with Crippen molar-refractivity contribution in [2.75, 3.05) is 17.2 Å². The summed E-state index contributed by atoms with van der Waals surface area (Å²) >= 11 is 0. The van der Waals surface area contributed by atoms with E-state index in [4.69, 9.17) is 9.84 Å². The van der Waals surface area contributed by atoms with Crippen LogP contribution < -0.4 is 10.6 Å². The molecule has 0 spiro atoms. The summed E-state index contributed by atoms with van der Waals surface area (Å²) in [5.74, 6) is -4.23. The molecule has 4 rings (SSSR count). The second-order valence-electron chi connectivity index (χ2n) is 9.10. The number of amides is 3. The van der Waals surface area contributed by atoms with Crippen molar-refractivity contribution >= 4 is 29.5 Å². The molecule has 0 unspecified atom stereocenters. The quantitative estimate of drug-likeness (QED) is 0.513. The monoisotopic (exact) mass is 505 g/mol. The molecule has 0 saturated heterocycles. The van der Waals surface area contributed by atoms with Gasteiger partial charge in [-0.3, -0.25) is 4.79 Å². The molecule has 3 amide bonds. The molecule has 192 valence electrons. The van der Waals surface area contributed by atoms with Gasteiger partial charge in [0.1, 0.15) is 17.6 Å². The lowest BCUT2D eigenvalue weighted by Gasteiger charge is -2.32. The van der Waals surface area contributed by atoms with Crippen LogP contribution in [-0.4, -0.2) is 40.7 Å². The molecule has 0 atom stereocenters. The summed E-state index contributed by atoms with van der Waals surface area (Å²) in [6, 6.07) is 5.13. The molecular formula is C25H26F3N3O5. The van der Waals surface area contributed by atoms with Gasteiger partial charge in [0.15, 0.2) is 11.6 Å². The Morgan fingerprint density at radius 2 is 1.67 bits per heavy atom. The summed E-state index contributed by atoms with van der Waals surface area (Å²) < 4.78 is 46.2. The number of carboxylic acids is 1. The van der Waals surface area contributed by atoms with E-state index in [1.54, 1.807) is 23.1 Å². The molecule has 0 aromatic heterocycles. The third-order valence-electron chi connectivity index (χ3n) is 6.50. The van der Waals surface area contributed by atoms with E-state index < -0.39 is 41.2 Å². The number of anilines is 2. The zero-order valence-electron chi connectivity index (χ0n) is 19.4. The van der Waals surface area contributed by atoms with Crippen molar-refractivity contribution in [2.45, 2.75) is 51.2 Å². The molecule has 2 aromatic rings. The predicted molar refractivity (Wildman–Crippen MR) is 124 cm³/mol. The van der Waals surface area contributed by atoms with Crippen LogP contribution in [0, 0.1) is 23.4 Å². The molecule has 0 radical (unpaired) electrons. The van der Waals surface area contributed by atoms with Gasteiger partial charge in [-0.05, 0) is 61.3 Å². The Kier molecular flexibility index (Phi) is 7.66. The number of hydrogen-bond donors (Lipinski definition) is 3. The molecule has 1 fully saturated rings. The number of carboxylic acid groups (broad SMARTS) is 1. The summed E-state index contributed by atoms with van der Waals surface area (Å²) in [5, 5.41) is 13.5. The fourth-order valence-corrected chi connectivity index (χ4v) is 4.64. The Labute approximate surface area is 205 Å². The molecular weight excluding hydrogens is 479 g/mol. The molecule has 8 nitrogen and oxygen atoms in total. The van der Waals surface area contributed by atoms with E-state index in [9.17, 15) is 27.6 Å². The van der Waals surface area contributed by atoms with E-state index in [1.807, 2.05) is 5.32 Å².